The molecule has 0 fully saturated rings. The van der Waals surface area contributed by atoms with Crippen molar-refractivity contribution in [2.45, 2.75) is 6.42 Å². The highest BCUT2D eigenvalue weighted by atomic mass is 28.2. The molecule has 0 spiro atoms. The fourth-order valence-corrected chi connectivity index (χ4v) is 1.21. The van der Waals surface area contributed by atoms with Crippen LogP contribution in [0.2, 0.25) is 0 Å². The molecule has 0 unspecified atom stereocenters. The van der Waals surface area contributed by atoms with E-state index in [1.165, 1.54) is 5.56 Å². The number of hydrogen-bond donors (Lipinski definition) is 0. The van der Waals surface area contributed by atoms with Crippen LogP contribution in [0.25, 0.3) is 6.08 Å². The predicted octanol–water partition coefficient (Wildman–Crippen LogP) is 1.39. The molecule has 0 saturated carbocycles. The minimum Gasteiger partial charge on any atom is -0.428 e. The van der Waals surface area contributed by atoms with Crippen LogP contribution in [0.3, 0.4) is 0 Å². The van der Waals surface area contributed by atoms with Crippen molar-refractivity contribution in [3.05, 3.63) is 42.0 Å². The van der Waals surface area contributed by atoms with Crippen molar-refractivity contribution in [3.8, 4) is 0 Å². The summed E-state index contributed by atoms with van der Waals surface area (Å²) in [5, 5.41) is 0. The Morgan fingerprint density at radius 1 is 1.25 bits per heavy atom. The minimum atomic E-state index is 0.842. The maximum atomic E-state index is 5.07. The van der Waals surface area contributed by atoms with Crippen LogP contribution in [0.1, 0.15) is 12.0 Å². The smallest absolute Gasteiger partial charge is 0.145 e. The fourth-order valence-electron chi connectivity index (χ4n) is 0.969. The SMILES string of the molecule is [SiH3]OCCC=Cc1ccccc1. The van der Waals surface area contributed by atoms with Gasteiger partial charge in [0.2, 0.25) is 0 Å². The molecule has 0 aliphatic heterocycles. The maximum Gasteiger partial charge on any atom is 0.145 e. The monoisotopic (exact) mass is 178 g/mol. The summed E-state index contributed by atoms with van der Waals surface area (Å²) in [6.45, 7) is 0.857. The van der Waals surface area contributed by atoms with Gasteiger partial charge in [-0.15, -0.1) is 0 Å². The summed E-state index contributed by atoms with van der Waals surface area (Å²) in [5.41, 5.74) is 1.26. The third-order valence-electron chi connectivity index (χ3n) is 1.60. The van der Waals surface area contributed by atoms with Crippen molar-refractivity contribution >= 4 is 16.6 Å². The van der Waals surface area contributed by atoms with Crippen LogP contribution in [-0.4, -0.2) is 17.1 Å². The highest BCUT2D eigenvalue weighted by molar-refractivity contribution is 5.97. The van der Waals surface area contributed by atoms with Crippen molar-refractivity contribution in [1.82, 2.24) is 0 Å². The molecule has 0 saturated heterocycles. The molecular weight excluding hydrogens is 164 g/mol. The average molecular weight is 178 g/mol. The highest BCUT2D eigenvalue weighted by Crippen LogP contribution is 2.01. The largest absolute Gasteiger partial charge is 0.428 e. The van der Waals surface area contributed by atoms with Crippen LogP contribution in [0, 0.1) is 0 Å². The molecule has 0 atom stereocenters. The number of benzene rings is 1. The van der Waals surface area contributed by atoms with Gasteiger partial charge in [0.25, 0.3) is 0 Å². The lowest BCUT2D eigenvalue weighted by atomic mass is 10.2. The molecule has 1 nitrogen and oxygen atoms in total. The van der Waals surface area contributed by atoms with Gasteiger partial charge >= 0.3 is 0 Å². The summed E-state index contributed by atoms with van der Waals surface area (Å²) < 4.78 is 5.07. The van der Waals surface area contributed by atoms with E-state index in [9.17, 15) is 0 Å². The third-order valence-corrected chi connectivity index (χ3v) is 2.01. The van der Waals surface area contributed by atoms with Gasteiger partial charge < -0.3 is 4.43 Å². The molecule has 0 radical (unpaired) electrons. The Morgan fingerprint density at radius 2 is 2.00 bits per heavy atom. The Bertz CT molecular complexity index is 231. The Kier molecular flexibility index (Phi) is 4.42. The Labute approximate surface area is 76.6 Å². The summed E-state index contributed by atoms with van der Waals surface area (Å²) in [4.78, 5) is 0. The van der Waals surface area contributed by atoms with Gasteiger partial charge in [-0.25, -0.2) is 0 Å². The molecule has 0 amide bonds. The summed E-state index contributed by atoms with van der Waals surface area (Å²) in [6.07, 6.45) is 5.28. The van der Waals surface area contributed by atoms with Crippen LogP contribution in [0.4, 0.5) is 0 Å². The van der Waals surface area contributed by atoms with E-state index in [0.717, 1.165) is 23.5 Å². The molecule has 0 heterocycles. The van der Waals surface area contributed by atoms with E-state index in [4.69, 9.17) is 4.43 Å². The maximum absolute atomic E-state index is 5.07. The second-order valence-electron chi connectivity index (χ2n) is 2.59. The van der Waals surface area contributed by atoms with Gasteiger partial charge in [0.1, 0.15) is 10.5 Å². The van der Waals surface area contributed by atoms with E-state index in [1.54, 1.807) is 0 Å². The minimum absolute atomic E-state index is 0.842. The number of hydrogen-bond acceptors (Lipinski definition) is 1. The lowest BCUT2D eigenvalue weighted by Gasteiger charge is -1.92. The first kappa shape index (κ1) is 9.23. The van der Waals surface area contributed by atoms with E-state index in [1.807, 2.05) is 18.2 Å². The molecule has 1 rings (SSSR count). The van der Waals surface area contributed by atoms with Crippen LogP contribution in [0.15, 0.2) is 36.4 Å². The van der Waals surface area contributed by atoms with Gasteiger partial charge in [0.15, 0.2) is 0 Å². The molecule has 0 aromatic heterocycles. The molecule has 12 heavy (non-hydrogen) atoms. The Balaban J connectivity index is 2.36. The van der Waals surface area contributed by atoms with Gasteiger partial charge in [-0.05, 0) is 12.0 Å². The molecule has 0 aliphatic rings. The van der Waals surface area contributed by atoms with E-state index in [0.29, 0.717) is 0 Å². The summed E-state index contributed by atoms with van der Waals surface area (Å²) in [5.74, 6) is 0. The van der Waals surface area contributed by atoms with Gasteiger partial charge in [-0.3, -0.25) is 0 Å². The molecule has 0 bridgehead atoms. The van der Waals surface area contributed by atoms with E-state index < -0.39 is 0 Å². The third kappa shape index (κ3) is 3.51. The van der Waals surface area contributed by atoms with Crippen molar-refractivity contribution < 1.29 is 4.43 Å². The molecule has 1 aromatic rings. The van der Waals surface area contributed by atoms with Crippen molar-refractivity contribution in [1.29, 1.82) is 0 Å². The first-order valence-electron chi connectivity index (χ1n) is 4.14. The lowest BCUT2D eigenvalue weighted by Crippen LogP contribution is -1.85. The fraction of sp³-hybridized carbons (Fsp3) is 0.200. The zero-order chi connectivity index (χ0) is 8.65. The van der Waals surface area contributed by atoms with Gasteiger partial charge in [0.05, 0.1) is 0 Å². The molecular formula is C10H14OSi. The van der Waals surface area contributed by atoms with Crippen molar-refractivity contribution in [3.63, 3.8) is 0 Å². The molecule has 2 heteroatoms. The zero-order valence-corrected chi connectivity index (χ0v) is 9.36. The average Bonchev–Trinajstić information content (AvgIpc) is 2.14. The van der Waals surface area contributed by atoms with Crippen molar-refractivity contribution in [2.24, 2.45) is 0 Å². The molecule has 64 valence electrons. The van der Waals surface area contributed by atoms with E-state index in [2.05, 4.69) is 24.3 Å². The van der Waals surface area contributed by atoms with Crippen molar-refractivity contribution in [2.75, 3.05) is 6.61 Å². The van der Waals surface area contributed by atoms with Crippen LogP contribution in [-0.2, 0) is 4.43 Å². The van der Waals surface area contributed by atoms with Gasteiger partial charge in [0, 0.05) is 6.61 Å². The normalized spacial score (nSPS) is 11.0. The first-order chi connectivity index (χ1) is 5.93. The van der Waals surface area contributed by atoms with Crippen LogP contribution >= 0.6 is 0 Å². The quantitative estimate of drug-likeness (QED) is 0.500. The second kappa shape index (κ2) is 5.74. The summed E-state index contributed by atoms with van der Waals surface area (Å²) in [7, 11) is 0.842. The Hall–Kier alpha value is -0.863. The first-order valence-corrected chi connectivity index (χ1v) is 4.95. The summed E-state index contributed by atoms with van der Waals surface area (Å²) in [6, 6.07) is 10.3. The second-order valence-corrected chi connectivity index (χ2v) is 3.17. The van der Waals surface area contributed by atoms with Gasteiger partial charge in [-0.2, -0.15) is 0 Å². The number of rotatable bonds is 4. The standard InChI is InChI=1S/C10H14OSi/c12-11-9-5-4-8-10-6-2-1-3-7-10/h1-4,6-8H,5,9H2,12H3. The van der Waals surface area contributed by atoms with E-state index >= 15 is 0 Å². The van der Waals surface area contributed by atoms with Crippen LogP contribution in [0.5, 0.6) is 0 Å². The summed E-state index contributed by atoms with van der Waals surface area (Å²) >= 11 is 0. The van der Waals surface area contributed by atoms with E-state index in [-0.39, 0.29) is 0 Å². The van der Waals surface area contributed by atoms with Crippen LogP contribution < -0.4 is 0 Å². The molecule has 0 aliphatic carbocycles. The zero-order valence-electron chi connectivity index (χ0n) is 7.36. The predicted molar refractivity (Wildman–Crippen MR) is 56.0 cm³/mol. The topological polar surface area (TPSA) is 9.23 Å². The Morgan fingerprint density at radius 3 is 2.67 bits per heavy atom. The molecule has 0 N–H and O–H groups in total. The highest BCUT2D eigenvalue weighted by Gasteiger charge is 1.81. The lowest BCUT2D eigenvalue weighted by molar-refractivity contribution is 0.358. The van der Waals surface area contributed by atoms with Gasteiger partial charge in [-0.1, -0.05) is 42.5 Å². The molecule has 1 aromatic carbocycles.